The topological polar surface area (TPSA) is 47.1 Å². The maximum Gasteiger partial charge on any atom is 0.237 e. The molecule has 0 N–H and O–H groups in total. The van der Waals surface area contributed by atoms with E-state index in [0.29, 0.717) is 12.5 Å². The van der Waals surface area contributed by atoms with Gasteiger partial charge >= 0.3 is 0 Å². The van der Waals surface area contributed by atoms with Gasteiger partial charge in [0.25, 0.3) is 0 Å². The lowest BCUT2D eigenvalue weighted by atomic mass is 9.94. The van der Waals surface area contributed by atoms with E-state index < -0.39 is 0 Å². The maximum absolute atomic E-state index is 13.4. The van der Waals surface area contributed by atoms with Gasteiger partial charge in [-0.15, -0.1) is 22.7 Å². The highest BCUT2D eigenvalue weighted by Gasteiger charge is 2.35. The molecule has 2 amide bonds. The highest BCUT2D eigenvalue weighted by molar-refractivity contribution is 7.10. The molecule has 5 heterocycles. The number of nitrogens with zero attached hydrogens (tertiary/aromatic N) is 4. The van der Waals surface area contributed by atoms with Crippen molar-refractivity contribution in [3.8, 4) is 0 Å². The van der Waals surface area contributed by atoms with E-state index in [0.717, 1.165) is 65.1 Å². The number of carbonyl (C=O) groups excluding carboxylic acids is 2. The molecule has 2 aromatic heterocycles. The van der Waals surface area contributed by atoms with Gasteiger partial charge in [-0.2, -0.15) is 0 Å². The summed E-state index contributed by atoms with van der Waals surface area (Å²) in [5.74, 6) is 0.652. The number of amides is 2. The number of likely N-dealkylation sites (N-methyl/N-ethyl adjacent to an activating group) is 1. The third-order valence-corrected chi connectivity index (χ3v) is 9.13. The van der Waals surface area contributed by atoms with E-state index in [1.165, 1.54) is 15.3 Å². The van der Waals surface area contributed by atoms with Crippen molar-refractivity contribution in [2.24, 2.45) is 5.92 Å². The van der Waals surface area contributed by atoms with Crippen molar-refractivity contribution in [2.75, 3.05) is 59.4 Å². The van der Waals surface area contributed by atoms with Crippen molar-refractivity contribution in [2.45, 2.75) is 25.3 Å². The first-order chi connectivity index (χ1) is 15.6. The highest BCUT2D eigenvalue weighted by Crippen LogP contribution is 2.39. The van der Waals surface area contributed by atoms with Gasteiger partial charge in [-0.25, -0.2) is 0 Å². The van der Waals surface area contributed by atoms with Crippen LogP contribution < -0.4 is 0 Å². The number of rotatable bonds is 4. The Morgan fingerprint density at radius 1 is 0.969 bits per heavy atom. The maximum atomic E-state index is 13.4. The van der Waals surface area contributed by atoms with Crippen LogP contribution in [0, 0.1) is 5.92 Å². The summed E-state index contributed by atoms with van der Waals surface area (Å²) in [4.78, 5) is 37.6. The Morgan fingerprint density at radius 3 is 2.47 bits per heavy atom. The summed E-state index contributed by atoms with van der Waals surface area (Å²) >= 11 is 3.54. The Morgan fingerprint density at radius 2 is 1.75 bits per heavy atom. The summed E-state index contributed by atoms with van der Waals surface area (Å²) in [5, 5.41) is 4.25. The van der Waals surface area contributed by atoms with Crippen LogP contribution in [0.25, 0.3) is 0 Å². The number of hydrogen-bond donors (Lipinski definition) is 0. The van der Waals surface area contributed by atoms with Crippen molar-refractivity contribution in [3.05, 3.63) is 44.3 Å². The molecule has 172 valence electrons. The van der Waals surface area contributed by atoms with Crippen molar-refractivity contribution < 1.29 is 9.59 Å². The average Bonchev–Trinajstić information content (AvgIpc) is 3.51. The van der Waals surface area contributed by atoms with Crippen LogP contribution in [0.2, 0.25) is 0 Å². The molecule has 0 bridgehead atoms. The van der Waals surface area contributed by atoms with Crippen molar-refractivity contribution in [1.82, 2.24) is 19.6 Å². The molecule has 1 atom stereocenters. The summed E-state index contributed by atoms with van der Waals surface area (Å²) in [6.07, 6.45) is 2.67. The molecule has 0 spiro atoms. The standard InChI is InChI=1S/C24H32N4O2S2/c1-25-11-13-27(14-12-25)24(30)18-4-8-26(9-5-18)17-22(29)28-10-6-20-19(7-16-32-20)23(28)21-3-2-15-31-21/h2-3,7,15-16,18,23H,4-6,8-14,17H2,1H3/t23-/m0/s1. The Kier molecular flexibility index (Phi) is 6.64. The normalized spacial score (nSPS) is 23.3. The first-order valence-corrected chi connectivity index (χ1v) is 13.4. The molecule has 2 saturated heterocycles. The number of thiophene rings is 2. The number of fused-ring (bicyclic) bond motifs is 1. The van der Waals surface area contributed by atoms with Crippen LogP contribution in [0.1, 0.15) is 34.2 Å². The molecule has 5 rings (SSSR count). The van der Waals surface area contributed by atoms with Crippen molar-refractivity contribution in [1.29, 1.82) is 0 Å². The summed E-state index contributed by atoms with van der Waals surface area (Å²) in [6.45, 7) is 6.52. The first-order valence-electron chi connectivity index (χ1n) is 11.7. The zero-order chi connectivity index (χ0) is 22.1. The quantitative estimate of drug-likeness (QED) is 0.687. The van der Waals surface area contributed by atoms with E-state index in [2.05, 4.69) is 50.7 Å². The number of hydrogen-bond acceptors (Lipinski definition) is 6. The lowest BCUT2D eigenvalue weighted by Crippen LogP contribution is -2.51. The van der Waals surface area contributed by atoms with E-state index >= 15 is 0 Å². The van der Waals surface area contributed by atoms with Crippen LogP contribution in [0.5, 0.6) is 0 Å². The molecule has 3 aliphatic heterocycles. The second-order valence-electron chi connectivity index (χ2n) is 9.23. The summed E-state index contributed by atoms with van der Waals surface area (Å²) in [5.41, 5.74) is 1.30. The van der Waals surface area contributed by atoms with Crippen LogP contribution in [-0.4, -0.2) is 90.8 Å². The molecule has 0 unspecified atom stereocenters. The van der Waals surface area contributed by atoms with E-state index in [-0.39, 0.29) is 17.9 Å². The minimum atomic E-state index is 0.0499. The Balaban J connectivity index is 1.18. The Hall–Kier alpha value is -1.74. The number of likely N-dealkylation sites (tertiary alicyclic amines) is 1. The van der Waals surface area contributed by atoms with Crippen LogP contribution in [0.3, 0.4) is 0 Å². The minimum Gasteiger partial charge on any atom is -0.340 e. The Bertz CT molecular complexity index is 928. The largest absolute Gasteiger partial charge is 0.340 e. The zero-order valence-electron chi connectivity index (χ0n) is 18.7. The minimum absolute atomic E-state index is 0.0499. The molecular formula is C24H32N4O2S2. The molecule has 3 aliphatic rings. The molecule has 0 aliphatic carbocycles. The van der Waals surface area contributed by atoms with Gasteiger partial charge in [0, 0.05) is 48.4 Å². The molecule has 0 aromatic carbocycles. The molecule has 0 saturated carbocycles. The van der Waals surface area contributed by atoms with Crippen molar-refractivity contribution in [3.63, 3.8) is 0 Å². The molecule has 2 aromatic rings. The van der Waals surface area contributed by atoms with Gasteiger partial charge < -0.3 is 14.7 Å². The predicted octanol–water partition coefficient (Wildman–Crippen LogP) is 2.77. The van der Waals surface area contributed by atoms with Crippen LogP contribution in [0.4, 0.5) is 0 Å². The number of carbonyl (C=O) groups is 2. The van der Waals surface area contributed by atoms with Gasteiger partial charge in [0.1, 0.15) is 0 Å². The van der Waals surface area contributed by atoms with E-state index in [4.69, 9.17) is 0 Å². The van der Waals surface area contributed by atoms with Gasteiger partial charge in [-0.05, 0) is 67.9 Å². The lowest BCUT2D eigenvalue weighted by Gasteiger charge is -2.39. The average molecular weight is 473 g/mol. The van der Waals surface area contributed by atoms with E-state index in [9.17, 15) is 9.59 Å². The molecule has 8 heteroatoms. The fourth-order valence-corrected chi connectivity index (χ4v) is 7.00. The third-order valence-electron chi connectivity index (χ3n) is 7.21. The second kappa shape index (κ2) is 9.63. The fraction of sp³-hybridized carbons (Fsp3) is 0.583. The smallest absolute Gasteiger partial charge is 0.237 e. The van der Waals surface area contributed by atoms with Gasteiger partial charge in [-0.3, -0.25) is 14.5 Å². The molecule has 2 fully saturated rings. The molecule has 32 heavy (non-hydrogen) atoms. The molecule has 0 radical (unpaired) electrons. The van der Waals surface area contributed by atoms with Crippen LogP contribution >= 0.6 is 22.7 Å². The molecular weight excluding hydrogens is 440 g/mol. The zero-order valence-corrected chi connectivity index (χ0v) is 20.4. The van der Waals surface area contributed by atoms with Crippen LogP contribution in [-0.2, 0) is 16.0 Å². The third kappa shape index (κ3) is 4.51. The SMILES string of the molecule is CN1CCN(C(=O)C2CCN(CC(=O)N3CCc4sccc4[C@H]3c3cccs3)CC2)CC1. The fourth-order valence-electron chi connectivity index (χ4n) is 5.24. The van der Waals surface area contributed by atoms with Crippen LogP contribution in [0.15, 0.2) is 29.0 Å². The highest BCUT2D eigenvalue weighted by atomic mass is 32.1. The lowest BCUT2D eigenvalue weighted by molar-refractivity contribution is -0.139. The monoisotopic (exact) mass is 472 g/mol. The molecule has 6 nitrogen and oxygen atoms in total. The second-order valence-corrected chi connectivity index (χ2v) is 11.2. The van der Waals surface area contributed by atoms with E-state index in [1.54, 1.807) is 11.3 Å². The van der Waals surface area contributed by atoms with E-state index in [1.807, 2.05) is 16.2 Å². The van der Waals surface area contributed by atoms with Crippen molar-refractivity contribution >= 4 is 34.5 Å². The van der Waals surface area contributed by atoms with Gasteiger partial charge in [0.15, 0.2) is 0 Å². The summed E-state index contributed by atoms with van der Waals surface area (Å²) < 4.78 is 0. The Labute approximate surface area is 198 Å². The van der Waals surface area contributed by atoms with Gasteiger partial charge in [-0.1, -0.05) is 6.07 Å². The number of piperidine rings is 1. The van der Waals surface area contributed by atoms with Gasteiger partial charge in [0.2, 0.25) is 11.8 Å². The number of piperazine rings is 1. The first kappa shape index (κ1) is 22.1. The summed E-state index contributed by atoms with van der Waals surface area (Å²) in [7, 11) is 2.11. The van der Waals surface area contributed by atoms with Gasteiger partial charge in [0.05, 0.1) is 12.6 Å². The summed E-state index contributed by atoms with van der Waals surface area (Å²) in [6, 6.07) is 6.47. The predicted molar refractivity (Wildman–Crippen MR) is 129 cm³/mol.